The lowest BCUT2D eigenvalue weighted by Crippen LogP contribution is -2.50. The number of pyridine rings is 1. The molecule has 3 aliphatic rings. The molecule has 0 radical (unpaired) electrons. The molecule has 0 saturated heterocycles. The zero-order chi connectivity index (χ0) is 30.3. The molecule has 5 rings (SSSR count). The van der Waals surface area contributed by atoms with Gasteiger partial charge in [0.1, 0.15) is 6.10 Å². The summed E-state index contributed by atoms with van der Waals surface area (Å²) < 4.78 is 56.0. The van der Waals surface area contributed by atoms with Crippen LogP contribution in [0.15, 0.2) is 24.3 Å². The molecule has 0 bridgehead atoms. The Hall–Kier alpha value is -1.90. The summed E-state index contributed by atoms with van der Waals surface area (Å²) in [4.78, 5) is 0. The monoisotopic (exact) mass is 590 g/mol. The maximum atomic E-state index is 13.4. The molecule has 1 aliphatic heterocycles. The van der Waals surface area contributed by atoms with Crippen molar-refractivity contribution in [2.45, 2.75) is 135 Å². The highest BCUT2D eigenvalue weighted by molar-refractivity contribution is 6.74. The van der Waals surface area contributed by atoms with Crippen LogP contribution < -0.4 is 4.73 Å². The fraction of sp³-hybridized carbons (Fsp3) is 0.667. The molecule has 2 aliphatic carbocycles. The summed E-state index contributed by atoms with van der Waals surface area (Å²) >= 11 is 0. The number of nitrogens with zero attached hydrogens (tertiary/aromatic N) is 1. The van der Waals surface area contributed by atoms with Crippen molar-refractivity contribution in [2.24, 2.45) is 5.41 Å². The van der Waals surface area contributed by atoms with Gasteiger partial charge in [-0.25, -0.2) is 0 Å². The normalized spacial score (nSPS) is 23.7. The Labute approximate surface area is 244 Å². The van der Waals surface area contributed by atoms with Gasteiger partial charge < -0.3 is 9.16 Å². The Kier molecular flexibility index (Phi) is 7.31. The summed E-state index contributed by atoms with van der Waals surface area (Å²) in [5.74, 6) is -0.0269. The zero-order valence-corrected chi connectivity index (χ0v) is 27.1. The van der Waals surface area contributed by atoms with Gasteiger partial charge in [-0.2, -0.15) is 13.2 Å². The van der Waals surface area contributed by atoms with Gasteiger partial charge in [0, 0.05) is 22.6 Å². The van der Waals surface area contributed by atoms with Crippen molar-refractivity contribution >= 4 is 8.32 Å². The average Bonchev–Trinajstić information content (AvgIpc) is 3.42. The average molecular weight is 591 g/mol. The fourth-order valence-corrected chi connectivity index (χ4v) is 8.39. The lowest BCUT2D eigenvalue weighted by molar-refractivity contribution is -0.916. The molecular formula is C33H47F3NO3Si+. The minimum atomic E-state index is -4.41. The summed E-state index contributed by atoms with van der Waals surface area (Å²) in [5.41, 5.74) is 4.20. The van der Waals surface area contributed by atoms with Crippen molar-refractivity contribution in [3.63, 3.8) is 0 Å². The molecule has 1 aromatic carbocycles. The smallest absolute Gasteiger partial charge is 0.410 e. The summed E-state index contributed by atoms with van der Waals surface area (Å²) in [6.45, 7) is 19.9. The Morgan fingerprint density at radius 2 is 1.61 bits per heavy atom. The van der Waals surface area contributed by atoms with E-state index in [9.17, 15) is 18.4 Å². The van der Waals surface area contributed by atoms with Crippen LogP contribution in [0, 0.1) is 5.41 Å². The lowest BCUT2D eigenvalue weighted by atomic mass is 9.70. The van der Waals surface area contributed by atoms with Crippen LogP contribution in [-0.2, 0) is 27.4 Å². The predicted molar refractivity (Wildman–Crippen MR) is 156 cm³/mol. The molecular weight excluding hydrogens is 543 g/mol. The van der Waals surface area contributed by atoms with E-state index in [1.54, 1.807) is 12.1 Å². The van der Waals surface area contributed by atoms with Crippen molar-refractivity contribution in [1.29, 1.82) is 0 Å². The fourth-order valence-electron chi connectivity index (χ4n) is 7.12. The summed E-state index contributed by atoms with van der Waals surface area (Å²) in [7, 11) is -2.20. The quantitative estimate of drug-likeness (QED) is 0.219. The minimum Gasteiger partial charge on any atom is -0.410 e. The van der Waals surface area contributed by atoms with E-state index in [4.69, 9.17) is 9.16 Å². The molecule has 1 saturated carbocycles. The third kappa shape index (κ3) is 5.16. The first kappa shape index (κ1) is 30.6. The molecule has 1 fully saturated rings. The van der Waals surface area contributed by atoms with E-state index < -0.39 is 31.8 Å². The number of rotatable bonds is 4. The topological polar surface area (TPSA) is 42.6 Å². The first-order chi connectivity index (χ1) is 18.8. The third-order valence-corrected chi connectivity index (χ3v) is 14.6. The van der Waals surface area contributed by atoms with Gasteiger partial charge in [-0.05, 0) is 60.5 Å². The molecule has 1 aromatic heterocycles. The molecule has 0 unspecified atom stereocenters. The van der Waals surface area contributed by atoms with Gasteiger partial charge in [0.25, 0.3) is 0 Å². The number of halogens is 3. The van der Waals surface area contributed by atoms with Crippen molar-refractivity contribution < 1.29 is 32.3 Å². The van der Waals surface area contributed by atoms with E-state index in [0.29, 0.717) is 12.0 Å². The maximum absolute atomic E-state index is 13.4. The largest absolute Gasteiger partial charge is 0.416 e. The highest BCUT2D eigenvalue weighted by Crippen LogP contribution is 2.60. The molecule has 2 atom stereocenters. The van der Waals surface area contributed by atoms with Gasteiger partial charge >= 0.3 is 6.18 Å². The Bertz CT molecular complexity index is 1320. The number of hydrogen-bond acceptors (Lipinski definition) is 3. The SMILES string of the molecule is CC(C)c1c2c(c3c([n+]1O)CC(C)(C)C[C@@H]3O[Si](C)(C)C(C)(C)C)C1(CCCC1)O[C@@H]2c1ccc(C(F)(F)F)cc1. The van der Waals surface area contributed by atoms with Crippen molar-refractivity contribution in [1.82, 2.24) is 0 Å². The standard InChI is InChI=1S/C33H47F3NO3Si/c1-20(2)28-26-27(25-23(37(28)38)18-31(6,7)19-24(25)40-41(8,9)30(3,4)5)32(16-10-11-17-32)39-29(26)21-12-14-22(15-13-21)33(34,35)36/h12-15,20,24,29,38H,10-11,16-19H2,1-9H3/q+1/t24-,29+/m0/s1. The van der Waals surface area contributed by atoms with E-state index in [-0.39, 0.29) is 22.5 Å². The van der Waals surface area contributed by atoms with Crippen LogP contribution >= 0.6 is 0 Å². The number of hydrogen-bond donors (Lipinski definition) is 1. The second-order valence-electron chi connectivity index (χ2n) is 15.2. The number of aromatic nitrogens is 1. The summed E-state index contributed by atoms with van der Waals surface area (Å²) in [6.07, 6.45) is 0.142. The maximum Gasteiger partial charge on any atom is 0.416 e. The number of fused-ring (bicyclic) bond motifs is 4. The minimum absolute atomic E-state index is 0.00922. The van der Waals surface area contributed by atoms with Crippen molar-refractivity contribution in [3.8, 4) is 0 Å². The van der Waals surface area contributed by atoms with Crippen LogP contribution in [0.5, 0.6) is 0 Å². The highest BCUT2D eigenvalue weighted by atomic mass is 28.4. The van der Waals surface area contributed by atoms with Crippen LogP contribution in [0.25, 0.3) is 0 Å². The van der Waals surface area contributed by atoms with E-state index in [0.717, 1.165) is 72.3 Å². The van der Waals surface area contributed by atoms with Crippen LogP contribution in [0.4, 0.5) is 13.2 Å². The predicted octanol–water partition coefficient (Wildman–Crippen LogP) is 9.28. The van der Waals surface area contributed by atoms with Crippen LogP contribution in [0.3, 0.4) is 0 Å². The van der Waals surface area contributed by atoms with E-state index in [1.807, 2.05) is 0 Å². The van der Waals surface area contributed by atoms with E-state index in [2.05, 4.69) is 61.6 Å². The molecule has 2 aromatic rings. The van der Waals surface area contributed by atoms with Gasteiger partial charge in [-0.1, -0.05) is 73.4 Å². The van der Waals surface area contributed by atoms with Crippen LogP contribution in [0.2, 0.25) is 18.1 Å². The number of benzene rings is 1. The van der Waals surface area contributed by atoms with Crippen molar-refractivity contribution in [3.05, 3.63) is 63.5 Å². The van der Waals surface area contributed by atoms with Gasteiger partial charge in [-0.15, -0.1) is 0 Å². The first-order valence-electron chi connectivity index (χ1n) is 15.2. The Morgan fingerprint density at radius 3 is 2.12 bits per heavy atom. The zero-order valence-electron chi connectivity index (χ0n) is 26.1. The van der Waals surface area contributed by atoms with Gasteiger partial charge in [0.15, 0.2) is 8.32 Å². The van der Waals surface area contributed by atoms with Crippen LogP contribution in [0.1, 0.15) is 138 Å². The highest BCUT2D eigenvalue weighted by Gasteiger charge is 2.57. The first-order valence-corrected chi connectivity index (χ1v) is 18.1. The molecule has 0 amide bonds. The molecule has 4 nitrogen and oxygen atoms in total. The van der Waals surface area contributed by atoms with Gasteiger partial charge in [0.2, 0.25) is 11.4 Å². The number of alkyl halides is 3. The molecule has 41 heavy (non-hydrogen) atoms. The summed E-state index contributed by atoms with van der Waals surface area (Å²) in [6, 6.07) is 5.38. The van der Waals surface area contributed by atoms with Crippen molar-refractivity contribution in [2.75, 3.05) is 0 Å². The number of ether oxygens (including phenoxy) is 1. The molecule has 8 heteroatoms. The van der Waals surface area contributed by atoms with Gasteiger partial charge in [-0.3, -0.25) is 5.21 Å². The Morgan fingerprint density at radius 1 is 1.02 bits per heavy atom. The summed E-state index contributed by atoms with van der Waals surface area (Å²) in [5, 5.41) is 12.0. The van der Waals surface area contributed by atoms with E-state index >= 15 is 0 Å². The molecule has 226 valence electrons. The van der Waals surface area contributed by atoms with E-state index in [1.165, 1.54) is 4.73 Å². The lowest BCUT2D eigenvalue weighted by Gasteiger charge is -2.44. The van der Waals surface area contributed by atoms with Crippen LogP contribution in [-0.4, -0.2) is 13.5 Å². The molecule has 1 spiro atoms. The third-order valence-electron chi connectivity index (χ3n) is 10.1. The Balaban J connectivity index is 1.79. The molecule has 2 heterocycles. The second-order valence-corrected chi connectivity index (χ2v) is 20.0. The molecule has 1 N–H and O–H groups in total. The second kappa shape index (κ2) is 9.81. The van der Waals surface area contributed by atoms with Gasteiger partial charge in [0.05, 0.1) is 28.4 Å².